The summed E-state index contributed by atoms with van der Waals surface area (Å²) < 4.78 is 39.5. The maximum atomic E-state index is 12.6. The summed E-state index contributed by atoms with van der Waals surface area (Å²) in [4.78, 5) is 26.1. The van der Waals surface area contributed by atoms with Gasteiger partial charge >= 0.3 is 12.1 Å². The summed E-state index contributed by atoms with van der Waals surface area (Å²) >= 11 is 0. The average Bonchev–Trinajstić information content (AvgIpc) is 3.00. The van der Waals surface area contributed by atoms with E-state index in [0.29, 0.717) is 31.5 Å². The first-order valence-electron chi connectivity index (χ1n) is 10.3. The summed E-state index contributed by atoms with van der Waals surface area (Å²) in [6, 6.07) is 5.11. The number of rotatable bonds is 3. The average molecular weight is 431 g/mol. The summed E-state index contributed by atoms with van der Waals surface area (Å²) in [6.07, 6.45) is 1.77. The number of aliphatic carboxylic acids is 1. The highest BCUT2D eigenvalue weighted by atomic mass is 19.4. The molecule has 1 saturated carbocycles. The lowest BCUT2D eigenvalue weighted by molar-refractivity contribution is -0.192. The van der Waals surface area contributed by atoms with Crippen molar-refractivity contribution in [2.45, 2.75) is 51.0 Å². The van der Waals surface area contributed by atoms with Crippen molar-refractivity contribution < 1.29 is 32.6 Å². The van der Waals surface area contributed by atoms with Gasteiger partial charge in [0.25, 0.3) is 0 Å². The quantitative estimate of drug-likeness (QED) is 0.795. The zero-order chi connectivity index (χ0) is 21.7. The van der Waals surface area contributed by atoms with E-state index >= 15 is 0 Å². The van der Waals surface area contributed by atoms with Crippen LogP contribution in [0.1, 0.15) is 31.4 Å². The number of carbonyl (C=O) groups is 2. The molecule has 0 bridgehead atoms. The van der Waals surface area contributed by atoms with Crippen LogP contribution in [0.5, 0.6) is 0 Å². The smallest absolute Gasteiger partial charge is 0.475 e. The number of halogens is 3. The number of hydrogen-bond acceptors (Lipinski definition) is 4. The molecule has 168 valence electrons. The SMILES string of the molecule is O=C(CC1CN(C2CCC2)Cc2cccn2C1)N1CCOCC1.O=C(O)C(F)(F)F. The van der Waals surface area contributed by atoms with Crippen molar-refractivity contribution in [3.8, 4) is 0 Å². The van der Waals surface area contributed by atoms with E-state index < -0.39 is 12.1 Å². The second-order valence-corrected chi connectivity index (χ2v) is 8.03. The molecule has 3 aliphatic rings. The predicted molar refractivity (Wildman–Crippen MR) is 102 cm³/mol. The highest BCUT2D eigenvalue weighted by molar-refractivity contribution is 5.76. The van der Waals surface area contributed by atoms with Gasteiger partial charge in [0.15, 0.2) is 0 Å². The number of alkyl halides is 3. The maximum Gasteiger partial charge on any atom is 0.490 e. The third kappa shape index (κ3) is 5.98. The summed E-state index contributed by atoms with van der Waals surface area (Å²) in [7, 11) is 0. The van der Waals surface area contributed by atoms with Crippen LogP contribution in [0.25, 0.3) is 0 Å². The summed E-state index contributed by atoms with van der Waals surface area (Å²) in [5, 5.41) is 7.12. The van der Waals surface area contributed by atoms with Crippen molar-refractivity contribution in [3.05, 3.63) is 24.0 Å². The van der Waals surface area contributed by atoms with Gasteiger partial charge in [-0.05, 0) is 30.9 Å². The molecule has 2 fully saturated rings. The molecule has 10 heteroatoms. The van der Waals surface area contributed by atoms with E-state index in [2.05, 4.69) is 27.8 Å². The van der Waals surface area contributed by atoms with Gasteiger partial charge in [-0.1, -0.05) is 6.42 Å². The van der Waals surface area contributed by atoms with Crippen molar-refractivity contribution >= 4 is 11.9 Å². The lowest BCUT2D eigenvalue weighted by Gasteiger charge is -2.38. The minimum Gasteiger partial charge on any atom is -0.475 e. The van der Waals surface area contributed by atoms with E-state index in [0.717, 1.165) is 38.8 Å². The highest BCUT2D eigenvalue weighted by Gasteiger charge is 2.38. The fourth-order valence-corrected chi connectivity index (χ4v) is 4.06. The van der Waals surface area contributed by atoms with E-state index in [9.17, 15) is 18.0 Å². The number of carbonyl (C=O) groups excluding carboxylic acids is 1. The van der Waals surface area contributed by atoms with Crippen molar-refractivity contribution in [2.24, 2.45) is 5.92 Å². The van der Waals surface area contributed by atoms with E-state index in [1.807, 2.05) is 4.90 Å². The Morgan fingerprint density at radius 1 is 1.17 bits per heavy atom. The second kappa shape index (κ2) is 9.82. The molecule has 0 radical (unpaired) electrons. The second-order valence-electron chi connectivity index (χ2n) is 8.03. The Morgan fingerprint density at radius 3 is 2.40 bits per heavy atom. The number of carboxylic acids is 1. The minimum atomic E-state index is -5.08. The molecule has 1 atom stereocenters. The topological polar surface area (TPSA) is 75.0 Å². The Hall–Kier alpha value is -2.07. The van der Waals surface area contributed by atoms with Crippen LogP contribution in [0, 0.1) is 5.92 Å². The normalized spacial score (nSPS) is 22.9. The molecule has 1 amide bonds. The number of carboxylic acid groups (broad SMARTS) is 1. The molecule has 0 aromatic carbocycles. The molecule has 1 aromatic rings. The van der Waals surface area contributed by atoms with Gasteiger partial charge in [0.1, 0.15) is 0 Å². The van der Waals surface area contributed by atoms with Gasteiger partial charge in [-0.25, -0.2) is 4.79 Å². The third-order valence-electron chi connectivity index (χ3n) is 5.90. The first-order valence-corrected chi connectivity index (χ1v) is 10.3. The highest BCUT2D eigenvalue weighted by Crippen LogP contribution is 2.30. The standard InChI is InChI=1S/C18H27N3O2.C2HF3O2/c22-18(19-7-9-23-10-8-19)11-15-12-20-6-2-5-17(20)14-21(13-15)16-3-1-4-16;3-2(4,5)1(6)7/h2,5-6,15-16H,1,3-4,7-14H2;(H,6,7). The number of ether oxygens (including phenoxy) is 1. The fraction of sp³-hybridized carbons (Fsp3) is 0.700. The number of aromatic nitrogens is 1. The Balaban J connectivity index is 0.000000318. The Labute approximate surface area is 173 Å². The monoisotopic (exact) mass is 431 g/mol. The first-order chi connectivity index (χ1) is 14.2. The third-order valence-corrected chi connectivity index (χ3v) is 5.90. The zero-order valence-electron chi connectivity index (χ0n) is 16.8. The van der Waals surface area contributed by atoms with Crippen LogP contribution in [0.3, 0.4) is 0 Å². The van der Waals surface area contributed by atoms with E-state index in [-0.39, 0.29) is 0 Å². The van der Waals surface area contributed by atoms with E-state index in [1.54, 1.807) is 0 Å². The summed E-state index contributed by atoms with van der Waals surface area (Å²) in [6.45, 7) is 5.96. The number of hydrogen-bond donors (Lipinski definition) is 1. The van der Waals surface area contributed by atoms with Gasteiger partial charge in [0, 0.05) is 57.1 Å². The van der Waals surface area contributed by atoms with Crippen LogP contribution >= 0.6 is 0 Å². The predicted octanol–water partition coefficient (Wildman–Crippen LogP) is 2.35. The van der Waals surface area contributed by atoms with Crippen molar-refractivity contribution in [1.82, 2.24) is 14.4 Å². The molecule has 1 unspecified atom stereocenters. The van der Waals surface area contributed by atoms with E-state index in [4.69, 9.17) is 14.6 Å². The number of morpholine rings is 1. The number of fused-ring (bicyclic) bond motifs is 1. The lowest BCUT2D eigenvalue weighted by Crippen LogP contribution is -2.44. The summed E-state index contributed by atoms with van der Waals surface area (Å²) in [5.41, 5.74) is 1.40. The molecule has 3 heterocycles. The molecule has 1 N–H and O–H groups in total. The fourth-order valence-electron chi connectivity index (χ4n) is 4.06. The van der Waals surface area contributed by atoms with Gasteiger partial charge in [-0.2, -0.15) is 13.2 Å². The Bertz CT molecular complexity index is 727. The van der Waals surface area contributed by atoms with Gasteiger partial charge in [0.05, 0.1) is 13.2 Å². The number of amides is 1. The molecule has 4 rings (SSSR count). The van der Waals surface area contributed by atoms with Crippen LogP contribution < -0.4 is 0 Å². The van der Waals surface area contributed by atoms with Gasteiger partial charge in [-0.3, -0.25) is 9.69 Å². The van der Waals surface area contributed by atoms with Crippen LogP contribution in [0.15, 0.2) is 18.3 Å². The maximum absolute atomic E-state index is 12.6. The summed E-state index contributed by atoms with van der Waals surface area (Å²) in [5.74, 6) is -2.03. The number of nitrogens with zero attached hydrogens (tertiary/aromatic N) is 3. The van der Waals surface area contributed by atoms with Crippen LogP contribution in [0.2, 0.25) is 0 Å². The van der Waals surface area contributed by atoms with Gasteiger partial charge in [-0.15, -0.1) is 0 Å². The minimum absolute atomic E-state index is 0.308. The van der Waals surface area contributed by atoms with Crippen molar-refractivity contribution in [2.75, 3.05) is 32.8 Å². The largest absolute Gasteiger partial charge is 0.490 e. The Kier molecular flexibility index (Phi) is 7.41. The molecule has 0 spiro atoms. The molecule has 1 aromatic heterocycles. The van der Waals surface area contributed by atoms with Crippen molar-refractivity contribution in [3.63, 3.8) is 0 Å². The Morgan fingerprint density at radius 2 is 1.83 bits per heavy atom. The molecule has 2 aliphatic heterocycles. The van der Waals surface area contributed by atoms with Crippen molar-refractivity contribution in [1.29, 1.82) is 0 Å². The van der Waals surface area contributed by atoms with Crippen LogP contribution in [-0.4, -0.2) is 76.4 Å². The van der Waals surface area contributed by atoms with Gasteiger partial charge in [0.2, 0.25) is 5.91 Å². The van der Waals surface area contributed by atoms with Crippen LogP contribution in [-0.2, 0) is 27.4 Å². The first kappa shape index (κ1) is 22.6. The molecular formula is C20H28F3N3O4. The molecule has 1 saturated heterocycles. The molecular weight excluding hydrogens is 403 g/mol. The van der Waals surface area contributed by atoms with Gasteiger partial charge < -0.3 is 19.3 Å². The zero-order valence-corrected chi connectivity index (χ0v) is 16.8. The lowest BCUT2D eigenvalue weighted by atomic mass is 9.90. The molecule has 30 heavy (non-hydrogen) atoms. The molecule has 1 aliphatic carbocycles. The molecule has 7 nitrogen and oxygen atoms in total. The van der Waals surface area contributed by atoms with Crippen LogP contribution in [0.4, 0.5) is 13.2 Å². The van der Waals surface area contributed by atoms with E-state index in [1.165, 1.54) is 25.0 Å².